The topological polar surface area (TPSA) is 42.3 Å². The third-order valence-electron chi connectivity index (χ3n) is 4.56. The first-order chi connectivity index (χ1) is 13.3. The second kappa shape index (κ2) is 6.56. The van der Waals surface area contributed by atoms with Gasteiger partial charge in [-0.25, -0.2) is 0 Å². The first-order valence-electron chi connectivity index (χ1n) is 8.25. The molecule has 4 rings (SSSR count). The Kier molecular flexibility index (Phi) is 4.30. The molecule has 8 heteroatoms. The number of amides is 1. The minimum atomic E-state index is -4.44. The Balaban J connectivity index is 1.78. The minimum Gasteiger partial charge on any atom is -0.343 e. The van der Waals surface area contributed by atoms with E-state index in [-0.39, 0.29) is 17.8 Å². The SMILES string of the molecule is C=C1C(=O)SC(=O)N1c1cccc2c1ccn2Cc1ccccc1C(F)(F)F. The maximum atomic E-state index is 13.3. The molecule has 1 amide bonds. The van der Waals surface area contributed by atoms with Gasteiger partial charge in [-0.1, -0.05) is 30.8 Å². The second-order valence-corrected chi connectivity index (χ2v) is 7.17. The van der Waals surface area contributed by atoms with E-state index < -0.39 is 22.1 Å². The van der Waals surface area contributed by atoms with Crippen molar-refractivity contribution < 1.29 is 22.8 Å². The lowest BCUT2D eigenvalue weighted by molar-refractivity contribution is -0.138. The van der Waals surface area contributed by atoms with Crippen LogP contribution in [0.4, 0.5) is 23.7 Å². The Morgan fingerprint density at radius 3 is 2.43 bits per heavy atom. The molecule has 4 nitrogen and oxygen atoms in total. The van der Waals surface area contributed by atoms with Gasteiger partial charge in [0.05, 0.1) is 22.5 Å². The third kappa shape index (κ3) is 2.99. The van der Waals surface area contributed by atoms with Gasteiger partial charge >= 0.3 is 6.18 Å². The summed E-state index contributed by atoms with van der Waals surface area (Å²) >= 11 is 0.571. The van der Waals surface area contributed by atoms with Gasteiger partial charge in [-0.15, -0.1) is 0 Å². The fraction of sp³-hybridized carbons (Fsp3) is 0.100. The first kappa shape index (κ1) is 18.4. The quantitative estimate of drug-likeness (QED) is 0.549. The van der Waals surface area contributed by atoms with E-state index in [1.165, 1.54) is 17.0 Å². The van der Waals surface area contributed by atoms with Gasteiger partial charge in [0.25, 0.3) is 5.24 Å². The van der Waals surface area contributed by atoms with E-state index >= 15 is 0 Å². The van der Waals surface area contributed by atoms with Crippen LogP contribution in [0.15, 0.2) is 67.0 Å². The van der Waals surface area contributed by atoms with E-state index in [2.05, 4.69) is 6.58 Å². The molecule has 0 unspecified atom stereocenters. The van der Waals surface area contributed by atoms with Crippen LogP contribution >= 0.6 is 11.8 Å². The normalized spacial score (nSPS) is 15.1. The van der Waals surface area contributed by atoms with Gasteiger partial charge in [0, 0.05) is 29.9 Å². The Hall–Kier alpha value is -3.00. The Morgan fingerprint density at radius 2 is 1.75 bits per heavy atom. The molecule has 0 spiro atoms. The summed E-state index contributed by atoms with van der Waals surface area (Å²) in [6, 6.07) is 12.3. The average molecular weight is 402 g/mol. The van der Waals surface area contributed by atoms with Gasteiger partial charge < -0.3 is 4.57 Å². The molecule has 1 fully saturated rings. The van der Waals surface area contributed by atoms with Crippen LogP contribution in [-0.2, 0) is 17.5 Å². The van der Waals surface area contributed by atoms with Gasteiger partial charge in [-0.2, -0.15) is 13.2 Å². The number of fused-ring (bicyclic) bond motifs is 1. The molecule has 2 heterocycles. The number of carbonyl (C=O) groups is 2. The van der Waals surface area contributed by atoms with Crippen molar-refractivity contribution in [2.45, 2.75) is 12.7 Å². The maximum absolute atomic E-state index is 13.3. The molecule has 0 N–H and O–H groups in total. The summed E-state index contributed by atoms with van der Waals surface area (Å²) in [4.78, 5) is 25.2. The molecule has 1 aliphatic heterocycles. The van der Waals surface area contributed by atoms with Crippen molar-refractivity contribution in [2.24, 2.45) is 0 Å². The van der Waals surface area contributed by atoms with Crippen LogP contribution in [0.1, 0.15) is 11.1 Å². The van der Waals surface area contributed by atoms with E-state index in [0.29, 0.717) is 28.4 Å². The predicted octanol–water partition coefficient (Wildman–Crippen LogP) is 5.42. The third-order valence-corrected chi connectivity index (χ3v) is 5.34. The van der Waals surface area contributed by atoms with Gasteiger partial charge in [-0.3, -0.25) is 14.5 Å². The summed E-state index contributed by atoms with van der Waals surface area (Å²) in [7, 11) is 0. The number of hydrogen-bond acceptors (Lipinski definition) is 3. The van der Waals surface area contributed by atoms with Crippen molar-refractivity contribution in [3.05, 3.63) is 78.1 Å². The molecule has 0 atom stereocenters. The first-order valence-corrected chi connectivity index (χ1v) is 9.07. The largest absolute Gasteiger partial charge is 0.416 e. The van der Waals surface area contributed by atoms with Crippen molar-refractivity contribution in [2.75, 3.05) is 4.90 Å². The predicted molar refractivity (Wildman–Crippen MR) is 102 cm³/mol. The number of benzene rings is 2. The van der Waals surface area contributed by atoms with Crippen molar-refractivity contribution in [3.8, 4) is 0 Å². The minimum absolute atomic E-state index is 0.0191. The number of aromatic nitrogens is 1. The van der Waals surface area contributed by atoms with Crippen molar-refractivity contribution in [3.63, 3.8) is 0 Å². The van der Waals surface area contributed by atoms with Crippen molar-refractivity contribution >= 4 is 38.7 Å². The smallest absolute Gasteiger partial charge is 0.343 e. The van der Waals surface area contributed by atoms with Crippen LogP contribution in [-0.4, -0.2) is 14.9 Å². The molecule has 2 aromatic carbocycles. The summed E-state index contributed by atoms with van der Waals surface area (Å²) < 4.78 is 41.5. The number of anilines is 1. The lowest BCUT2D eigenvalue weighted by atomic mass is 10.1. The highest BCUT2D eigenvalue weighted by Gasteiger charge is 2.36. The van der Waals surface area contributed by atoms with E-state index in [4.69, 9.17) is 0 Å². The van der Waals surface area contributed by atoms with E-state index in [9.17, 15) is 22.8 Å². The summed E-state index contributed by atoms with van der Waals surface area (Å²) in [6.45, 7) is 3.69. The molecule has 0 saturated carbocycles. The molecule has 3 aromatic rings. The zero-order valence-electron chi connectivity index (χ0n) is 14.4. The summed E-state index contributed by atoms with van der Waals surface area (Å²) in [5, 5.41) is -0.213. The molecular weight excluding hydrogens is 389 g/mol. The second-order valence-electron chi connectivity index (χ2n) is 6.25. The molecule has 1 saturated heterocycles. The van der Waals surface area contributed by atoms with E-state index in [1.807, 2.05) is 0 Å². The number of halogens is 3. The molecule has 142 valence electrons. The zero-order chi connectivity index (χ0) is 20.1. The summed E-state index contributed by atoms with van der Waals surface area (Å²) in [6.07, 6.45) is -2.78. The van der Waals surface area contributed by atoms with E-state index in [0.717, 1.165) is 6.07 Å². The summed E-state index contributed by atoms with van der Waals surface area (Å²) in [5.74, 6) is 0. The van der Waals surface area contributed by atoms with Crippen molar-refractivity contribution in [1.29, 1.82) is 0 Å². The van der Waals surface area contributed by atoms with Crippen LogP contribution in [0, 0.1) is 0 Å². The highest BCUT2D eigenvalue weighted by molar-refractivity contribution is 8.27. The molecule has 1 aromatic heterocycles. The fourth-order valence-corrected chi connectivity index (χ4v) is 3.95. The highest BCUT2D eigenvalue weighted by atomic mass is 32.2. The monoisotopic (exact) mass is 402 g/mol. The number of alkyl halides is 3. The molecule has 0 radical (unpaired) electrons. The van der Waals surface area contributed by atoms with Gasteiger partial charge in [0.2, 0.25) is 5.12 Å². The summed E-state index contributed by atoms with van der Waals surface area (Å²) in [5.41, 5.74) is 0.661. The zero-order valence-corrected chi connectivity index (χ0v) is 15.2. The molecule has 1 aliphatic rings. The van der Waals surface area contributed by atoms with Crippen LogP contribution in [0.5, 0.6) is 0 Å². The van der Waals surface area contributed by atoms with E-state index in [1.54, 1.807) is 41.1 Å². The van der Waals surface area contributed by atoms with Crippen molar-refractivity contribution in [1.82, 2.24) is 4.57 Å². The average Bonchev–Trinajstić information content (AvgIpc) is 3.15. The van der Waals surface area contributed by atoms with Gasteiger partial charge in [0.15, 0.2) is 0 Å². The van der Waals surface area contributed by atoms with Crippen LogP contribution < -0.4 is 4.90 Å². The molecule has 28 heavy (non-hydrogen) atoms. The lowest BCUT2D eigenvalue weighted by Crippen LogP contribution is -2.20. The van der Waals surface area contributed by atoms with Gasteiger partial charge in [-0.05, 0) is 29.8 Å². The molecular formula is C20H13F3N2O2S. The van der Waals surface area contributed by atoms with Gasteiger partial charge in [0.1, 0.15) is 0 Å². The van der Waals surface area contributed by atoms with Crippen LogP contribution in [0.2, 0.25) is 0 Å². The number of rotatable bonds is 3. The standard InChI is InChI=1S/C20H13F3N2O2S/c1-12-18(26)28-19(27)25(12)17-8-4-7-16-14(17)9-10-24(16)11-13-5-2-3-6-15(13)20(21,22)23/h2-10H,1,11H2. The Bertz CT molecular complexity index is 1130. The number of nitrogens with zero attached hydrogens (tertiary/aromatic N) is 2. The Morgan fingerprint density at radius 1 is 1.00 bits per heavy atom. The molecule has 0 bridgehead atoms. The lowest BCUT2D eigenvalue weighted by Gasteiger charge is -2.17. The maximum Gasteiger partial charge on any atom is 0.416 e. The Labute approximate surface area is 162 Å². The molecule has 0 aliphatic carbocycles. The number of carbonyl (C=O) groups excluding carboxylic acids is 2. The number of thioether (sulfide) groups is 1. The highest BCUT2D eigenvalue weighted by Crippen LogP contribution is 2.38. The van der Waals surface area contributed by atoms with Crippen LogP contribution in [0.25, 0.3) is 10.9 Å². The van der Waals surface area contributed by atoms with Crippen LogP contribution in [0.3, 0.4) is 0 Å². The fourth-order valence-electron chi connectivity index (χ4n) is 3.29. The number of hydrogen-bond donors (Lipinski definition) is 0.